The van der Waals surface area contributed by atoms with E-state index in [0.717, 1.165) is 122 Å². The molecule has 0 aliphatic carbocycles. The van der Waals surface area contributed by atoms with Crippen molar-refractivity contribution in [2.75, 3.05) is 39.4 Å². The highest BCUT2D eigenvalue weighted by molar-refractivity contribution is 5.72. The Morgan fingerprint density at radius 1 is 0.516 bits per heavy atom. The number of nitrogens with zero attached hydrogens (tertiary/aromatic N) is 2. The third-order valence-electron chi connectivity index (χ3n) is 12.9. The normalized spacial score (nSPS) is 13.7. The number of unbranched alkanes of at least 4 members (excludes halogenated alkanes) is 20. The summed E-state index contributed by atoms with van der Waals surface area (Å²) in [6.45, 7) is 21.9. The SMILES string of the molecule is C=CN(/C=C\C(C)CC)CCCN(CCCCCCOC(=O)C(CCCCCC)CCCCCCCC)CC(O)CCCCOC(=O)C(CCCCCC)CCCCCCCC. The van der Waals surface area contributed by atoms with Gasteiger partial charge in [0, 0.05) is 13.1 Å². The van der Waals surface area contributed by atoms with Crippen molar-refractivity contribution in [2.45, 2.75) is 260 Å². The Labute approximate surface area is 386 Å². The summed E-state index contributed by atoms with van der Waals surface area (Å²) in [5.41, 5.74) is 0. The molecule has 0 rings (SSSR count). The van der Waals surface area contributed by atoms with Crippen LogP contribution < -0.4 is 0 Å². The van der Waals surface area contributed by atoms with E-state index in [0.29, 0.717) is 32.1 Å². The molecule has 0 aromatic carbocycles. The van der Waals surface area contributed by atoms with Crippen LogP contribution >= 0.6 is 0 Å². The fourth-order valence-electron chi connectivity index (χ4n) is 8.37. The second-order valence-corrected chi connectivity index (χ2v) is 18.9. The Balaban J connectivity index is 4.95. The Bertz CT molecular complexity index is 1020. The molecule has 0 spiro atoms. The van der Waals surface area contributed by atoms with Crippen molar-refractivity contribution in [1.82, 2.24) is 9.80 Å². The summed E-state index contributed by atoms with van der Waals surface area (Å²) in [7, 11) is 0. The molecule has 0 heterocycles. The summed E-state index contributed by atoms with van der Waals surface area (Å²) >= 11 is 0. The van der Waals surface area contributed by atoms with Crippen molar-refractivity contribution in [3.8, 4) is 0 Å². The largest absolute Gasteiger partial charge is 0.465 e. The number of carbonyl (C=O) groups excluding carboxylic acids is 2. The van der Waals surface area contributed by atoms with Gasteiger partial charge in [-0.15, -0.1) is 0 Å². The van der Waals surface area contributed by atoms with Gasteiger partial charge in [0.15, 0.2) is 0 Å². The van der Waals surface area contributed by atoms with E-state index >= 15 is 0 Å². The Morgan fingerprint density at radius 3 is 1.37 bits per heavy atom. The summed E-state index contributed by atoms with van der Waals surface area (Å²) in [5, 5.41) is 11.2. The van der Waals surface area contributed by atoms with Gasteiger partial charge in [0.05, 0.1) is 31.2 Å². The van der Waals surface area contributed by atoms with Gasteiger partial charge in [-0.25, -0.2) is 0 Å². The van der Waals surface area contributed by atoms with Crippen LogP contribution in [-0.4, -0.2) is 72.3 Å². The molecule has 366 valence electrons. The summed E-state index contributed by atoms with van der Waals surface area (Å²) in [5.74, 6) is 0.671. The molecule has 0 aromatic heterocycles. The molecule has 0 aromatic rings. The Kier molecular flexibility index (Phi) is 44.3. The maximum Gasteiger partial charge on any atom is 0.308 e. The van der Waals surface area contributed by atoms with Gasteiger partial charge in [0.1, 0.15) is 0 Å². The predicted octanol–water partition coefficient (Wildman–Crippen LogP) is 15.5. The van der Waals surface area contributed by atoms with Gasteiger partial charge in [0.2, 0.25) is 0 Å². The second-order valence-electron chi connectivity index (χ2n) is 18.9. The number of rotatable bonds is 48. The van der Waals surface area contributed by atoms with Crippen LogP contribution in [-0.2, 0) is 19.1 Å². The zero-order valence-corrected chi connectivity index (χ0v) is 42.3. The molecular weight excluding hydrogens is 769 g/mol. The zero-order chi connectivity index (χ0) is 45.7. The molecule has 0 aliphatic rings. The van der Waals surface area contributed by atoms with Crippen molar-refractivity contribution in [3.63, 3.8) is 0 Å². The molecule has 7 heteroatoms. The van der Waals surface area contributed by atoms with Crippen molar-refractivity contribution in [3.05, 3.63) is 25.1 Å². The van der Waals surface area contributed by atoms with Crippen molar-refractivity contribution < 1.29 is 24.2 Å². The maximum absolute atomic E-state index is 13.1. The number of aliphatic hydroxyl groups is 1. The number of allylic oxidation sites excluding steroid dienone is 1. The van der Waals surface area contributed by atoms with Crippen molar-refractivity contribution in [1.29, 1.82) is 0 Å². The van der Waals surface area contributed by atoms with E-state index in [1.54, 1.807) is 0 Å². The average Bonchev–Trinajstić information content (AvgIpc) is 3.27. The molecule has 7 nitrogen and oxygen atoms in total. The van der Waals surface area contributed by atoms with Gasteiger partial charge >= 0.3 is 11.9 Å². The standard InChI is InChI=1S/C55H106N2O5/c1-8-14-18-22-24-30-39-51(37-28-20-16-10-3)54(59)61-47-34-27-26-33-43-57(45-36-44-56(13-6)46-42-50(7)12-5)49-53(58)41-32-35-48-62-55(60)52(38-29-21-17-11-4)40-31-25-23-19-15-9-2/h13,42,46,50-53,58H,6,8-12,14-41,43-45,47-49H2,1-5,7H3/b46-42-. The van der Waals surface area contributed by atoms with E-state index in [1.807, 2.05) is 6.20 Å². The first-order valence-electron chi connectivity index (χ1n) is 27.1. The van der Waals surface area contributed by atoms with E-state index in [1.165, 1.54) is 103 Å². The van der Waals surface area contributed by atoms with E-state index in [4.69, 9.17) is 9.47 Å². The van der Waals surface area contributed by atoms with Crippen LogP contribution in [0.1, 0.15) is 253 Å². The van der Waals surface area contributed by atoms with E-state index in [2.05, 4.69) is 70.2 Å². The quantitative estimate of drug-likeness (QED) is 0.0482. The third-order valence-corrected chi connectivity index (χ3v) is 12.9. The van der Waals surface area contributed by atoms with Gasteiger partial charge in [-0.2, -0.15) is 0 Å². The van der Waals surface area contributed by atoms with Crippen LogP contribution in [0.3, 0.4) is 0 Å². The third kappa shape index (κ3) is 37.5. The van der Waals surface area contributed by atoms with Crippen LogP contribution in [0, 0.1) is 17.8 Å². The van der Waals surface area contributed by atoms with Crippen molar-refractivity contribution in [2.24, 2.45) is 17.8 Å². The lowest BCUT2D eigenvalue weighted by Crippen LogP contribution is -2.35. The molecule has 0 fully saturated rings. The minimum absolute atomic E-state index is 0.00185. The molecule has 4 atom stereocenters. The van der Waals surface area contributed by atoms with Crippen LogP contribution in [0.15, 0.2) is 25.1 Å². The molecule has 4 unspecified atom stereocenters. The Morgan fingerprint density at radius 2 is 0.903 bits per heavy atom. The highest BCUT2D eigenvalue weighted by Crippen LogP contribution is 2.22. The number of aliphatic hydroxyl groups excluding tert-OH is 1. The minimum atomic E-state index is -0.406. The second kappa shape index (κ2) is 45.7. The molecule has 0 amide bonds. The predicted molar refractivity (Wildman–Crippen MR) is 267 cm³/mol. The molecule has 0 saturated carbocycles. The van der Waals surface area contributed by atoms with Crippen molar-refractivity contribution >= 4 is 11.9 Å². The van der Waals surface area contributed by atoms with Crippen LogP contribution in [0.25, 0.3) is 0 Å². The fraction of sp³-hybridized carbons (Fsp3) is 0.891. The molecule has 0 radical (unpaired) electrons. The number of hydrogen-bond acceptors (Lipinski definition) is 7. The highest BCUT2D eigenvalue weighted by atomic mass is 16.5. The molecule has 0 bridgehead atoms. The first-order chi connectivity index (χ1) is 30.3. The fourth-order valence-corrected chi connectivity index (χ4v) is 8.37. The number of hydrogen-bond donors (Lipinski definition) is 1. The average molecular weight is 875 g/mol. The minimum Gasteiger partial charge on any atom is -0.465 e. The topological polar surface area (TPSA) is 79.3 Å². The smallest absolute Gasteiger partial charge is 0.308 e. The van der Waals surface area contributed by atoms with E-state index < -0.39 is 6.10 Å². The summed E-state index contributed by atoms with van der Waals surface area (Å²) < 4.78 is 11.7. The first-order valence-corrected chi connectivity index (χ1v) is 27.1. The van der Waals surface area contributed by atoms with E-state index in [9.17, 15) is 14.7 Å². The highest BCUT2D eigenvalue weighted by Gasteiger charge is 2.21. The first kappa shape index (κ1) is 60.1. The summed E-state index contributed by atoms with van der Waals surface area (Å²) in [6, 6.07) is 0. The van der Waals surface area contributed by atoms with Crippen LogP contribution in [0.4, 0.5) is 0 Å². The van der Waals surface area contributed by atoms with Crippen LogP contribution in [0.5, 0.6) is 0 Å². The monoisotopic (exact) mass is 875 g/mol. The van der Waals surface area contributed by atoms with Gasteiger partial charge in [0.25, 0.3) is 0 Å². The molecule has 62 heavy (non-hydrogen) atoms. The lowest BCUT2D eigenvalue weighted by molar-refractivity contribution is -0.150. The Hall–Kier alpha value is -1.86. The molecule has 0 saturated heterocycles. The maximum atomic E-state index is 13.1. The number of esters is 2. The lowest BCUT2D eigenvalue weighted by atomic mass is 9.94. The molecule has 0 aliphatic heterocycles. The van der Waals surface area contributed by atoms with Crippen LogP contribution in [0.2, 0.25) is 0 Å². The molecular formula is C55H106N2O5. The van der Waals surface area contributed by atoms with Gasteiger partial charge in [-0.3, -0.25) is 9.59 Å². The lowest BCUT2D eigenvalue weighted by Gasteiger charge is -2.26. The number of ether oxygens (including phenoxy) is 2. The number of carbonyl (C=O) groups is 2. The van der Waals surface area contributed by atoms with Gasteiger partial charge in [-0.1, -0.05) is 202 Å². The van der Waals surface area contributed by atoms with Gasteiger partial charge in [-0.05, 0) is 95.6 Å². The zero-order valence-electron chi connectivity index (χ0n) is 42.3. The van der Waals surface area contributed by atoms with E-state index in [-0.39, 0.29) is 23.8 Å². The molecule has 1 N–H and O–H groups in total. The summed E-state index contributed by atoms with van der Waals surface area (Å²) in [6.07, 6.45) is 42.9. The summed E-state index contributed by atoms with van der Waals surface area (Å²) in [4.78, 5) is 30.8. The van der Waals surface area contributed by atoms with Gasteiger partial charge < -0.3 is 24.4 Å².